The molecule has 5 heteroatoms. The Bertz CT molecular complexity index is 3140. The van der Waals surface area contributed by atoms with Gasteiger partial charge in [0.2, 0.25) is 0 Å². The van der Waals surface area contributed by atoms with Crippen LogP contribution in [0.1, 0.15) is 0 Å². The van der Waals surface area contributed by atoms with Crippen molar-refractivity contribution in [3.63, 3.8) is 0 Å². The number of halogens is 1. The molecule has 0 unspecified atom stereocenters. The van der Waals surface area contributed by atoms with E-state index in [0.717, 1.165) is 38.1 Å². The maximum absolute atomic E-state index is 5.27. The molecule has 3 heterocycles. The summed E-state index contributed by atoms with van der Waals surface area (Å²) in [6, 6.07) is 56.6. The Labute approximate surface area is 305 Å². The predicted molar refractivity (Wildman–Crippen MR) is 220 cm³/mol. The maximum Gasteiger partial charge on any atom is 0.162 e. The molecule has 0 radical (unpaired) electrons. The van der Waals surface area contributed by atoms with Crippen LogP contribution in [0.5, 0.6) is 0 Å². The molecule has 0 spiro atoms. The maximum atomic E-state index is 5.27. The molecule has 0 aliphatic rings. The van der Waals surface area contributed by atoms with Crippen molar-refractivity contribution in [2.75, 3.05) is 0 Å². The quantitative estimate of drug-likeness (QED) is 0.169. The van der Waals surface area contributed by atoms with Crippen LogP contribution in [0.25, 0.3) is 103 Å². The third kappa shape index (κ3) is 4.42. The first-order valence-electron chi connectivity index (χ1n) is 17.0. The van der Waals surface area contributed by atoms with E-state index in [0.29, 0.717) is 5.82 Å². The summed E-state index contributed by atoms with van der Waals surface area (Å²) < 4.78 is 5.92. The number of thiophene rings is 1. The Balaban J connectivity index is 1.25. The SMILES string of the molecule is Brc1ccc2c3cc4sc5cc6c7ccccc7c7ccccc7c6cc5c4cc3n(-c3cc(-c4ccccc4)nc(-c4ccccc4)n3)c2c1. The van der Waals surface area contributed by atoms with E-state index in [9.17, 15) is 0 Å². The molecule has 0 bridgehead atoms. The summed E-state index contributed by atoms with van der Waals surface area (Å²) in [6.45, 7) is 0. The van der Waals surface area contributed by atoms with Crippen molar-refractivity contribution < 1.29 is 0 Å². The second-order valence-electron chi connectivity index (χ2n) is 13.1. The zero-order valence-corrected chi connectivity index (χ0v) is 29.5. The van der Waals surface area contributed by atoms with Crippen LogP contribution in [0.15, 0.2) is 162 Å². The minimum absolute atomic E-state index is 0.699. The molecule has 3 nitrogen and oxygen atoms in total. The average molecular weight is 733 g/mol. The largest absolute Gasteiger partial charge is 0.294 e. The Morgan fingerprint density at radius 1 is 0.412 bits per heavy atom. The molecule has 51 heavy (non-hydrogen) atoms. The summed E-state index contributed by atoms with van der Waals surface area (Å²) in [4.78, 5) is 10.4. The summed E-state index contributed by atoms with van der Waals surface area (Å²) in [5, 5.41) is 12.7. The second kappa shape index (κ2) is 11.1. The number of benzene rings is 8. The zero-order chi connectivity index (χ0) is 33.6. The van der Waals surface area contributed by atoms with E-state index in [-0.39, 0.29) is 0 Å². The summed E-state index contributed by atoms with van der Waals surface area (Å²) in [5.74, 6) is 1.53. The number of nitrogens with zero attached hydrogens (tertiary/aromatic N) is 3. The van der Waals surface area contributed by atoms with Crippen LogP contribution in [0, 0.1) is 0 Å². The molecule has 3 aromatic heterocycles. The highest BCUT2D eigenvalue weighted by Gasteiger charge is 2.20. The van der Waals surface area contributed by atoms with Gasteiger partial charge in [-0.15, -0.1) is 11.3 Å². The predicted octanol–water partition coefficient (Wildman–Crippen LogP) is 13.5. The van der Waals surface area contributed by atoms with Gasteiger partial charge >= 0.3 is 0 Å². The fraction of sp³-hybridized carbons (Fsp3) is 0. The van der Waals surface area contributed by atoms with E-state index in [1.807, 2.05) is 35.6 Å². The molecule has 0 saturated heterocycles. The van der Waals surface area contributed by atoms with Gasteiger partial charge in [-0.25, -0.2) is 9.97 Å². The molecule has 238 valence electrons. The topological polar surface area (TPSA) is 30.7 Å². The monoisotopic (exact) mass is 731 g/mol. The number of fused-ring (bicyclic) bond motifs is 12. The van der Waals surface area contributed by atoms with E-state index in [2.05, 4.69) is 154 Å². The lowest BCUT2D eigenvalue weighted by Crippen LogP contribution is -2.02. The molecule has 0 N–H and O–H groups in total. The molecule has 11 aromatic rings. The van der Waals surface area contributed by atoms with Gasteiger partial charge in [-0.1, -0.05) is 131 Å². The van der Waals surface area contributed by atoms with E-state index in [4.69, 9.17) is 9.97 Å². The molecule has 8 aromatic carbocycles. The van der Waals surface area contributed by atoms with Crippen LogP contribution in [0.2, 0.25) is 0 Å². The molecule has 0 saturated carbocycles. The molecule has 0 atom stereocenters. The van der Waals surface area contributed by atoms with Gasteiger partial charge in [-0.3, -0.25) is 4.57 Å². The van der Waals surface area contributed by atoms with Crippen molar-refractivity contribution in [1.29, 1.82) is 0 Å². The van der Waals surface area contributed by atoms with E-state index < -0.39 is 0 Å². The van der Waals surface area contributed by atoms with Crippen molar-refractivity contribution in [1.82, 2.24) is 14.5 Å². The van der Waals surface area contributed by atoms with E-state index in [1.54, 1.807) is 0 Å². The van der Waals surface area contributed by atoms with Crippen LogP contribution in [0.3, 0.4) is 0 Å². The highest BCUT2D eigenvalue weighted by molar-refractivity contribution is 9.10. The van der Waals surface area contributed by atoms with Crippen LogP contribution in [-0.4, -0.2) is 14.5 Å². The van der Waals surface area contributed by atoms with Gasteiger partial charge < -0.3 is 0 Å². The van der Waals surface area contributed by atoms with Crippen LogP contribution < -0.4 is 0 Å². The van der Waals surface area contributed by atoms with E-state index >= 15 is 0 Å². The minimum atomic E-state index is 0.699. The first-order chi connectivity index (χ1) is 25.2. The number of aromatic nitrogens is 3. The van der Waals surface area contributed by atoms with Crippen molar-refractivity contribution in [3.05, 3.63) is 162 Å². The fourth-order valence-electron chi connectivity index (χ4n) is 7.92. The highest BCUT2D eigenvalue weighted by atomic mass is 79.9. The third-order valence-electron chi connectivity index (χ3n) is 10.2. The molecule has 0 aliphatic carbocycles. The van der Waals surface area contributed by atoms with E-state index in [1.165, 1.54) is 63.3 Å². The highest BCUT2D eigenvalue weighted by Crippen LogP contribution is 2.45. The zero-order valence-electron chi connectivity index (χ0n) is 27.1. The average Bonchev–Trinajstić information content (AvgIpc) is 3.70. The standard InChI is InChI=1S/C46H26BrN3S/c47-29-19-20-34-37-25-44-39(38-22-35-32-17-9-7-15-30(32)31-16-8-10-18-33(31)36(35)24-43(38)51-44)23-42(37)50(41(34)21-29)45-26-40(27-11-3-1-4-12-27)48-46(49-45)28-13-5-2-6-14-28/h1-26H. The molecular weight excluding hydrogens is 706 g/mol. The third-order valence-corrected chi connectivity index (χ3v) is 11.8. The van der Waals surface area contributed by atoms with Gasteiger partial charge in [-0.05, 0) is 68.7 Å². The van der Waals surface area contributed by atoms with Crippen molar-refractivity contribution in [2.24, 2.45) is 0 Å². The van der Waals surface area contributed by atoms with Crippen molar-refractivity contribution >= 4 is 102 Å². The lowest BCUT2D eigenvalue weighted by atomic mass is 9.93. The lowest BCUT2D eigenvalue weighted by Gasteiger charge is -2.12. The van der Waals surface area contributed by atoms with Gasteiger partial charge in [-0.2, -0.15) is 0 Å². The Hall–Kier alpha value is -5.88. The Morgan fingerprint density at radius 3 is 1.65 bits per heavy atom. The van der Waals surface area contributed by atoms with Gasteiger partial charge in [0.25, 0.3) is 0 Å². The van der Waals surface area contributed by atoms with Gasteiger partial charge in [0.05, 0.1) is 16.7 Å². The van der Waals surface area contributed by atoms with Gasteiger partial charge in [0.1, 0.15) is 5.82 Å². The molecule has 0 fully saturated rings. The molecular formula is C46H26BrN3S. The lowest BCUT2D eigenvalue weighted by molar-refractivity contribution is 1.05. The first-order valence-corrected chi connectivity index (χ1v) is 18.6. The Kier molecular flexibility index (Phi) is 6.27. The number of hydrogen-bond acceptors (Lipinski definition) is 3. The fourth-order valence-corrected chi connectivity index (χ4v) is 9.42. The number of rotatable bonds is 3. The summed E-state index contributed by atoms with van der Waals surface area (Å²) in [6.07, 6.45) is 0. The normalized spacial score (nSPS) is 12.0. The number of hydrogen-bond donors (Lipinski definition) is 0. The van der Waals surface area contributed by atoms with Crippen LogP contribution in [-0.2, 0) is 0 Å². The van der Waals surface area contributed by atoms with Gasteiger partial charge in [0, 0.05) is 52.6 Å². The molecule has 0 aliphatic heterocycles. The molecule has 11 rings (SSSR count). The van der Waals surface area contributed by atoms with Gasteiger partial charge in [0.15, 0.2) is 5.82 Å². The smallest absolute Gasteiger partial charge is 0.162 e. The van der Waals surface area contributed by atoms with Crippen molar-refractivity contribution in [3.8, 4) is 28.5 Å². The second-order valence-corrected chi connectivity index (χ2v) is 15.1. The summed E-state index contributed by atoms with van der Waals surface area (Å²) >= 11 is 5.66. The van der Waals surface area contributed by atoms with Crippen LogP contribution in [0.4, 0.5) is 0 Å². The van der Waals surface area contributed by atoms with Crippen molar-refractivity contribution in [2.45, 2.75) is 0 Å². The first kappa shape index (κ1) is 28.9. The van der Waals surface area contributed by atoms with Crippen LogP contribution >= 0.6 is 27.3 Å². The molecule has 0 amide bonds. The summed E-state index contributed by atoms with van der Waals surface area (Å²) in [5.41, 5.74) is 5.14. The minimum Gasteiger partial charge on any atom is -0.294 e. The Morgan fingerprint density at radius 2 is 0.961 bits per heavy atom. The summed E-state index contributed by atoms with van der Waals surface area (Å²) in [7, 11) is 0.